The van der Waals surface area contributed by atoms with E-state index in [1.807, 2.05) is 6.92 Å². The van der Waals surface area contributed by atoms with Gasteiger partial charge in [0, 0.05) is 24.2 Å². The van der Waals surface area contributed by atoms with Crippen molar-refractivity contribution in [2.24, 2.45) is 0 Å². The van der Waals surface area contributed by atoms with Crippen LogP contribution in [0.4, 0.5) is 14.5 Å². The number of anilines is 1. The molecule has 11 heteroatoms. The number of sulfonamides is 1. The molecule has 0 bridgehead atoms. The molecule has 0 aliphatic heterocycles. The van der Waals surface area contributed by atoms with E-state index >= 15 is 0 Å². The molecule has 0 unspecified atom stereocenters. The van der Waals surface area contributed by atoms with Crippen molar-refractivity contribution in [3.63, 3.8) is 0 Å². The minimum atomic E-state index is -4.15. The number of nitrogens with one attached hydrogen (secondary N) is 2. The first-order valence-corrected chi connectivity index (χ1v) is 11.1. The maximum Gasteiger partial charge on any atom is 0.307 e. The van der Waals surface area contributed by atoms with Crippen molar-refractivity contribution in [1.29, 1.82) is 0 Å². The number of hydrogen-bond acceptors (Lipinski definition) is 6. The zero-order chi connectivity index (χ0) is 23.7. The van der Waals surface area contributed by atoms with Crippen LogP contribution in [0.15, 0.2) is 47.4 Å². The minimum absolute atomic E-state index is 0.138. The minimum Gasteiger partial charge on any atom is -0.457 e. The average molecular weight is 468 g/mol. The molecule has 172 valence electrons. The number of esters is 1. The van der Waals surface area contributed by atoms with Crippen molar-refractivity contribution in [1.82, 2.24) is 4.72 Å². The van der Waals surface area contributed by atoms with Crippen LogP contribution in [0.2, 0.25) is 0 Å². The van der Waals surface area contributed by atoms with E-state index in [4.69, 9.17) is 4.74 Å². The van der Waals surface area contributed by atoms with Crippen LogP contribution < -0.4 is 10.0 Å². The number of carbonyl (C=O) groups is 3. The Morgan fingerprint density at radius 2 is 1.66 bits per heavy atom. The fraction of sp³-hybridized carbons (Fsp3) is 0.286. The maximum atomic E-state index is 13.2. The molecule has 1 amide bonds. The molecule has 2 aromatic carbocycles. The fourth-order valence-electron chi connectivity index (χ4n) is 2.51. The molecule has 0 aliphatic rings. The number of benzene rings is 2. The topological polar surface area (TPSA) is 119 Å². The second kappa shape index (κ2) is 11.4. The summed E-state index contributed by atoms with van der Waals surface area (Å²) in [4.78, 5) is 35.0. The Hall–Kier alpha value is -3.18. The van der Waals surface area contributed by atoms with Gasteiger partial charge < -0.3 is 10.1 Å². The van der Waals surface area contributed by atoms with Gasteiger partial charge in [-0.2, -0.15) is 0 Å². The Kier molecular flexibility index (Phi) is 8.97. The van der Waals surface area contributed by atoms with Crippen LogP contribution in [0.1, 0.15) is 36.5 Å². The Labute approximate surface area is 184 Å². The lowest BCUT2D eigenvalue weighted by Gasteiger charge is -2.08. The van der Waals surface area contributed by atoms with Crippen LogP contribution in [0, 0.1) is 11.6 Å². The van der Waals surface area contributed by atoms with E-state index in [0.717, 1.165) is 6.07 Å². The summed E-state index contributed by atoms with van der Waals surface area (Å²) >= 11 is 0. The molecule has 0 aliphatic carbocycles. The van der Waals surface area contributed by atoms with Crippen molar-refractivity contribution >= 4 is 33.4 Å². The normalized spacial score (nSPS) is 11.1. The summed E-state index contributed by atoms with van der Waals surface area (Å²) < 4.78 is 57.1. The summed E-state index contributed by atoms with van der Waals surface area (Å²) in [6, 6.07) is 8.15. The third kappa shape index (κ3) is 7.50. The van der Waals surface area contributed by atoms with Gasteiger partial charge in [0.25, 0.3) is 0 Å². The third-order valence-corrected chi connectivity index (χ3v) is 5.61. The highest BCUT2D eigenvalue weighted by Crippen LogP contribution is 2.14. The Morgan fingerprint density at radius 3 is 2.28 bits per heavy atom. The summed E-state index contributed by atoms with van der Waals surface area (Å²) in [6.07, 6.45) is 0.714. The number of Topliss-reactive ketones (excluding diaryl/α,β-unsaturated/α-hetero) is 1. The zero-order valence-electron chi connectivity index (χ0n) is 17.2. The lowest BCUT2D eigenvalue weighted by Crippen LogP contribution is -2.27. The van der Waals surface area contributed by atoms with Crippen LogP contribution >= 0.6 is 0 Å². The molecule has 0 saturated heterocycles. The van der Waals surface area contributed by atoms with Gasteiger partial charge in [0.1, 0.15) is 0 Å². The van der Waals surface area contributed by atoms with Gasteiger partial charge in [-0.1, -0.05) is 6.92 Å². The van der Waals surface area contributed by atoms with Crippen molar-refractivity contribution in [3.05, 3.63) is 59.7 Å². The predicted octanol–water partition coefficient (Wildman–Crippen LogP) is 2.80. The Bertz CT molecular complexity index is 1090. The van der Waals surface area contributed by atoms with Crippen molar-refractivity contribution < 1.29 is 36.3 Å². The van der Waals surface area contributed by atoms with Crippen molar-refractivity contribution in [2.45, 2.75) is 31.1 Å². The molecule has 0 aromatic heterocycles. The Morgan fingerprint density at radius 1 is 0.969 bits per heavy atom. The molecule has 0 fully saturated rings. The number of halogens is 2. The van der Waals surface area contributed by atoms with Crippen molar-refractivity contribution in [3.8, 4) is 0 Å². The second-order valence-electron chi connectivity index (χ2n) is 6.68. The molecular formula is C21H22F2N2O6S. The molecule has 2 N–H and O–H groups in total. The first-order valence-electron chi connectivity index (χ1n) is 9.66. The molecule has 2 rings (SSSR count). The first-order chi connectivity index (χ1) is 15.1. The predicted molar refractivity (Wildman–Crippen MR) is 111 cm³/mol. The van der Waals surface area contributed by atoms with E-state index in [1.54, 1.807) is 12.1 Å². The molecule has 0 atom stereocenters. The third-order valence-electron chi connectivity index (χ3n) is 4.15. The van der Waals surface area contributed by atoms with Crippen LogP contribution in [0.3, 0.4) is 0 Å². The van der Waals surface area contributed by atoms with E-state index in [1.165, 1.54) is 12.1 Å². The Balaban J connectivity index is 1.78. The van der Waals surface area contributed by atoms with Gasteiger partial charge >= 0.3 is 5.97 Å². The summed E-state index contributed by atoms with van der Waals surface area (Å²) in [5.41, 5.74) is 0.802. The summed E-state index contributed by atoms with van der Waals surface area (Å²) in [5.74, 6) is -3.95. The van der Waals surface area contributed by atoms with Gasteiger partial charge in [-0.3, -0.25) is 14.4 Å². The number of hydrogen-bond donors (Lipinski definition) is 2. The quantitative estimate of drug-likeness (QED) is 0.387. The molecule has 0 saturated carbocycles. The molecule has 0 heterocycles. The number of rotatable bonds is 11. The lowest BCUT2D eigenvalue weighted by atomic mass is 10.1. The van der Waals surface area contributed by atoms with Gasteiger partial charge in [-0.25, -0.2) is 21.9 Å². The first kappa shape index (κ1) is 25.1. The summed E-state index contributed by atoms with van der Waals surface area (Å²) in [6.45, 7) is 0.973. The SMILES string of the molecule is CCCC(=O)Nc1ccc(C(=O)COC(=O)CCNS(=O)(=O)c2ccc(F)c(F)c2)cc1. The van der Waals surface area contributed by atoms with E-state index in [9.17, 15) is 31.6 Å². The highest BCUT2D eigenvalue weighted by Gasteiger charge is 2.17. The summed E-state index contributed by atoms with van der Waals surface area (Å²) in [5, 5.41) is 2.68. The maximum absolute atomic E-state index is 13.2. The highest BCUT2D eigenvalue weighted by atomic mass is 32.2. The van der Waals surface area contributed by atoms with Crippen molar-refractivity contribution in [2.75, 3.05) is 18.5 Å². The van der Waals surface area contributed by atoms with E-state index in [-0.39, 0.29) is 24.4 Å². The molecule has 0 radical (unpaired) electrons. The fourth-order valence-corrected chi connectivity index (χ4v) is 3.55. The average Bonchev–Trinajstić information content (AvgIpc) is 2.74. The molecule has 8 nitrogen and oxygen atoms in total. The van der Waals surface area contributed by atoms with Gasteiger partial charge in [0.2, 0.25) is 15.9 Å². The molecule has 32 heavy (non-hydrogen) atoms. The second-order valence-corrected chi connectivity index (χ2v) is 8.45. The van der Waals surface area contributed by atoms with E-state index in [0.29, 0.717) is 30.7 Å². The standard InChI is InChI=1S/C21H22F2N2O6S/c1-2-3-20(27)25-15-6-4-14(5-7-15)19(26)13-31-21(28)10-11-24-32(29,30)16-8-9-17(22)18(23)12-16/h4-9,12,24H,2-3,10-11,13H2,1H3,(H,25,27). The van der Waals surface area contributed by atoms with Gasteiger partial charge in [-0.15, -0.1) is 0 Å². The van der Waals surface area contributed by atoms with Gasteiger partial charge in [-0.05, 0) is 48.9 Å². The van der Waals surface area contributed by atoms with Gasteiger partial charge in [0.05, 0.1) is 11.3 Å². The molecule has 0 spiro atoms. The lowest BCUT2D eigenvalue weighted by molar-refractivity contribution is -0.142. The van der Waals surface area contributed by atoms with E-state index in [2.05, 4.69) is 10.0 Å². The van der Waals surface area contributed by atoms with Crippen LogP contribution in [-0.2, 0) is 24.3 Å². The highest BCUT2D eigenvalue weighted by molar-refractivity contribution is 7.89. The van der Waals surface area contributed by atoms with Crippen LogP contribution in [0.25, 0.3) is 0 Å². The number of carbonyl (C=O) groups excluding carboxylic acids is 3. The van der Waals surface area contributed by atoms with E-state index < -0.39 is 44.9 Å². The zero-order valence-corrected chi connectivity index (χ0v) is 18.0. The number of ether oxygens (including phenoxy) is 1. The molecular weight excluding hydrogens is 446 g/mol. The summed E-state index contributed by atoms with van der Waals surface area (Å²) in [7, 11) is -4.15. The number of amides is 1. The smallest absolute Gasteiger partial charge is 0.307 e. The monoisotopic (exact) mass is 468 g/mol. The molecule has 2 aromatic rings. The largest absolute Gasteiger partial charge is 0.457 e. The van der Waals surface area contributed by atoms with Crippen LogP contribution in [0.5, 0.6) is 0 Å². The van der Waals surface area contributed by atoms with Gasteiger partial charge in [0.15, 0.2) is 24.0 Å². The number of ketones is 1. The van der Waals surface area contributed by atoms with Crippen LogP contribution in [-0.4, -0.2) is 39.2 Å².